The van der Waals surface area contributed by atoms with Crippen molar-refractivity contribution in [1.82, 2.24) is 4.98 Å². The molecule has 138 valence electrons. The van der Waals surface area contributed by atoms with E-state index in [-0.39, 0.29) is 23.0 Å². The Hall–Kier alpha value is -2.61. The number of benzene rings is 1. The number of hydrogen-bond acceptors (Lipinski definition) is 5. The Morgan fingerprint density at radius 2 is 2.04 bits per heavy atom. The Morgan fingerprint density at radius 3 is 2.77 bits per heavy atom. The van der Waals surface area contributed by atoms with Crippen LogP contribution in [0.3, 0.4) is 0 Å². The quantitative estimate of drug-likeness (QED) is 0.617. The Labute approximate surface area is 153 Å². The Kier molecular flexibility index (Phi) is 5.41. The standard InChI is InChI=1S/C18H22N4O3S/c1-2-3-4-9-19-14-5-8-17(20-12-14)22-26(24,25)15-6-7-16-13(10-15)11-18(23)21-16/h5-8,10,12,19H,2-4,9,11H2,1H3,(H,20,22)(H,21,23). The first-order valence-electron chi connectivity index (χ1n) is 8.63. The monoisotopic (exact) mass is 374 g/mol. The van der Waals surface area contributed by atoms with E-state index in [1.807, 2.05) is 0 Å². The predicted octanol–water partition coefficient (Wildman–Crippen LogP) is 2.98. The lowest BCUT2D eigenvalue weighted by atomic mass is 10.2. The summed E-state index contributed by atoms with van der Waals surface area (Å²) in [5.41, 5.74) is 2.19. The predicted molar refractivity (Wildman–Crippen MR) is 102 cm³/mol. The van der Waals surface area contributed by atoms with E-state index in [0.717, 1.165) is 25.1 Å². The van der Waals surface area contributed by atoms with Crippen LogP contribution in [-0.4, -0.2) is 25.9 Å². The van der Waals surface area contributed by atoms with E-state index in [1.165, 1.54) is 18.6 Å². The molecule has 2 aromatic rings. The number of fused-ring (bicyclic) bond motifs is 1. The number of nitrogens with zero attached hydrogens (tertiary/aromatic N) is 1. The third-order valence-corrected chi connectivity index (χ3v) is 5.48. The number of hydrogen-bond donors (Lipinski definition) is 3. The molecule has 0 radical (unpaired) electrons. The van der Waals surface area contributed by atoms with Gasteiger partial charge in [-0.25, -0.2) is 13.4 Å². The van der Waals surface area contributed by atoms with Crippen LogP contribution in [0.15, 0.2) is 41.4 Å². The maximum Gasteiger partial charge on any atom is 0.263 e. The second kappa shape index (κ2) is 7.74. The Bertz CT molecular complexity index is 895. The summed E-state index contributed by atoms with van der Waals surface area (Å²) >= 11 is 0. The number of anilines is 3. The van der Waals surface area contributed by atoms with E-state index >= 15 is 0 Å². The minimum absolute atomic E-state index is 0.108. The summed E-state index contributed by atoms with van der Waals surface area (Å²) in [5, 5.41) is 5.94. The average molecular weight is 374 g/mol. The first kappa shape index (κ1) is 18.2. The van der Waals surface area contributed by atoms with Crippen molar-refractivity contribution in [3.8, 4) is 0 Å². The van der Waals surface area contributed by atoms with Crippen molar-refractivity contribution in [2.75, 3.05) is 21.9 Å². The number of nitrogens with one attached hydrogen (secondary N) is 3. The zero-order valence-corrected chi connectivity index (χ0v) is 15.4. The number of amides is 1. The molecule has 1 amide bonds. The topological polar surface area (TPSA) is 100 Å². The highest BCUT2D eigenvalue weighted by Crippen LogP contribution is 2.26. The van der Waals surface area contributed by atoms with Gasteiger partial charge in [-0.05, 0) is 42.3 Å². The summed E-state index contributed by atoms with van der Waals surface area (Å²) in [6, 6.07) is 8.00. The highest BCUT2D eigenvalue weighted by atomic mass is 32.2. The molecule has 0 spiro atoms. The van der Waals surface area contributed by atoms with Crippen LogP contribution in [0.5, 0.6) is 0 Å². The van der Waals surface area contributed by atoms with Gasteiger partial charge in [-0.2, -0.15) is 0 Å². The number of rotatable bonds is 8. The molecule has 0 bridgehead atoms. The molecule has 0 atom stereocenters. The van der Waals surface area contributed by atoms with Crippen molar-refractivity contribution in [2.24, 2.45) is 0 Å². The highest BCUT2D eigenvalue weighted by molar-refractivity contribution is 7.92. The van der Waals surface area contributed by atoms with Gasteiger partial charge in [0.1, 0.15) is 5.82 Å². The molecule has 0 saturated carbocycles. The van der Waals surface area contributed by atoms with Crippen molar-refractivity contribution >= 4 is 33.1 Å². The second-order valence-electron chi connectivity index (χ2n) is 6.22. The van der Waals surface area contributed by atoms with Crippen LogP contribution in [0.4, 0.5) is 17.2 Å². The fraction of sp³-hybridized carbons (Fsp3) is 0.333. The van der Waals surface area contributed by atoms with Crippen LogP contribution in [0.2, 0.25) is 0 Å². The average Bonchev–Trinajstić information content (AvgIpc) is 2.99. The molecular weight excluding hydrogens is 352 g/mol. The minimum atomic E-state index is -3.76. The summed E-state index contributed by atoms with van der Waals surface area (Å²) in [6.45, 7) is 3.01. The summed E-state index contributed by atoms with van der Waals surface area (Å²) in [4.78, 5) is 15.7. The fourth-order valence-corrected chi connectivity index (χ4v) is 3.79. The van der Waals surface area contributed by atoms with Crippen LogP contribution in [-0.2, 0) is 21.2 Å². The lowest BCUT2D eigenvalue weighted by molar-refractivity contribution is -0.115. The third-order valence-electron chi connectivity index (χ3n) is 4.12. The lowest BCUT2D eigenvalue weighted by Gasteiger charge is -2.10. The molecule has 26 heavy (non-hydrogen) atoms. The molecule has 0 fully saturated rings. The molecule has 0 saturated heterocycles. The van der Waals surface area contributed by atoms with Gasteiger partial charge in [-0.15, -0.1) is 0 Å². The van der Waals surface area contributed by atoms with Crippen molar-refractivity contribution in [1.29, 1.82) is 0 Å². The zero-order chi connectivity index (χ0) is 18.6. The number of carbonyl (C=O) groups is 1. The van der Waals surface area contributed by atoms with E-state index in [4.69, 9.17) is 0 Å². The van der Waals surface area contributed by atoms with Gasteiger partial charge in [0.05, 0.1) is 23.2 Å². The fourth-order valence-electron chi connectivity index (χ4n) is 2.74. The van der Waals surface area contributed by atoms with E-state index in [9.17, 15) is 13.2 Å². The van der Waals surface area contributed by atoms with E-state index in [0.29, 0.717) is 11.3 Å². The molecule has 3 N–H and O–H groups in total. The summed E-state index contributed by atoms with van der Waals surface area (Å²) < 4.78 is 27.5. The molecule has 1 aromatic heterocycles. The maximum atomic E-state index is 12.5. The molecule has 1 aliphatic rings. The summed E-state index contributed by atoms with van der Waals surface area (Å²) in [7, 11) is -3.76. The number of aromatic nitrogens is 1. The molecular formula is C18H22N4O3S. The van der Waals surface area contributed by atoms with Gasteiger partial charge in [0, 0.05) is 12.2 Å². The van der Waals surface area contributed by atoms with Crippen LogP contribution in [0.25, 0.3) is 0 Å². The second-order valence-corrected chi connectivity index (χ2v) is 7.90. The van der Waals surface area contributed by atoms with Gasteiger partial charge in [-0.3, -0.25) is 9.52 Å². The Morgan fingerprint density at radius 1 is 1.19 bits per heavy atom. The first-order valence-corrected chi connectivity index (χ1v) is 10.1. The largest absolute Gasteiger partial charge is 0.384 e. The summed E-state index contributed by atoms with van der Waals surface area (Å²) in [6.07, 6.45) is 5.21. The van der Waals surface area contributed by atoms with Crippen molar-refractivity contribution < 1.29 is 13.2 Å². The Balaban J connectivity index is 1.66. The van der Waals surface area contributed by atoms with Crippen LogP contribution < -0.4 is 15.4 Å². The van der Waals surface area contributed by atoms with Crippen LogP contribution in [0, 0.1) is 0 Å². The summed E-state index contributed by atoms with van der Waals surface area (Å²) in [5.74, 6) is 0.116. The van der Waals surface area contributed by atoms with Gasteiger partial charge >= 0.3 is 0 Å². The van der Waals surface area contributed by atoms with Crippen molar-refractivity contribution in [3.63, 3.8) is 0 Å². The maximum absolute atomic E-state index is 12.5. The molecule has 8 heteroatoms. The van der Waals surface area contributed by atoms with Gasteiger partial charge in [-0.1, -0.05) is 19.8 Å². The van der Waals surface area contributed by atoms with E-state index < -0.39 is 10.0 Å². The highest BCUT2D eigenvalue weighted by Gasteiger charge is 2.22. The lowest BCUT2D eigenvalue weighted by Crippen LogP contribution is -2.14. The third kappa shape index (κ3) is 4.32. The molecule has 7 nitrogen and oxygen atoms in total. The molecule has 2 heterocycles. The molecule has 1 aromatic carbocycles. The van der Waals surface area contributed by atoms with Crippen molar-refractivity contribution in [2.45, 2.75) is 37.5 Å². The number of sulfonamides is 1. The van der Waals surface area contributed by atoms with Gasteiger partial charge in [0.25, 0.3) is 10.0 Å². The SMILES string of the molecule is CCCCCNc1ccc(NS(=O)(=O)c2ccc3c(c2)CC(=O)N3)nc1. The number of pyridine rings is 1. The van der Waals surface area contributed by atoms with Gasteiger partial charge in [0.2, 0.25) is 5.91 Å². The molecule has 0 aliphatic carbocycles. The van der Waals surface area contributed by atoms with E-state index in [2.05, 4.69) is 27.3 Å². The molecule has 0 unspecified atom stereocenters. The first-order chi connectivity index (χ1) is 12.5. The van der Waals surface area contributed by atoms with Crippen LogP contribution in [0.1, 0.15) is 31.7 Å². The zero-order valence-electron chi connectivity index (χ0n) is 14.6. The number of carbonyl (C=O) groups excluding carboxylic acids is 1. The molecule has 1 aliphatic heterocycles. The van der Waals surface area contributed by atoms with Crippen LogP contribution >= 0.6 is 0 Å². The van der Waals surface area contributed by atoms with Gasteiger partial charge < -0.3 is 10.6 Å². The van der Waals surface area contributed by atoms with E-state index in [1.54, 1.807) is 24.4 Å². The number of unbranched alkanes of at least 4 members (excludes halogenated alkanes) is 2. The minimum Gasteiger partial charge on any atom is -0.384 e. The normalized spacial score (nSPS) is 13.2. The smallest absolute Gasteiger partial charge is 0.263 e. The van der Waals surface area contributed by atoms with Gasteiger partial charge in [0.15, 0.2) is 0 Å². The van der Waals surface area contributed by atoms with Crippen molar-refractivity contribution in [3.05, 3.63) is 42.1 Å². The molecule has 3 rings (SSSR count).